The number of amides is 2. The topological polar surface area (TPSA) is 87.7 Å². The molecule has 0 atom stereocenters. The molecule has 0 bridgehead atoms. The summed E-state index contributed by atoms with van der Waals surface area (Å²) in [5.74, 6) is 0.142. The molecular weight excluding hydrogens is 320 g/mol. The number of phenols is 1. The highest BCUT2D eigenvalue weighted by Gasteiger charge is 2.40. The van der Waals surface area contributed by atoms with Gasteiger partial charge in [0.15, 0.2) is 0 Å². The van der Waals surface area contributed by atoms with E-state index in [4.69, 9.17) is 4.74 Å². The van der Waals surface area contributed by atoms with E-state index in [0.717, 1.165) is 5.56 Å². The van der Waals surface area contributed by atoms with Gasteiger partial charge in [-0.2, -0.15) is 0 Å². The normalized spacial score (nSPS) is 16.0. The van der Waals surface area contributed by atoms with Crippen molar-refractivity contribution in [2.75, 3.05) is 7.11 Å². The fourth-order valence-corrected chi connectivity index (χ4v) is 3.00. The minimum Gasteiger partial charge on any atom is -0.508 e. The highest BCUT2D eigenvalue weighted by Crippen LogP contribution is 2.37. The number of aromatic hydroxyl groups is 1. The minimum absolute atomic E-state index is 0.115. The summed E-state index contributed by atoms with van der Waals surface area (Å²) in [6, 6.07) is 13.4. The van der Waals surface area contributed by atoms with Gasteiger partial charge in [0.2, 0.25) is 0 Å². The van der Waals surface area contributed by atoms with E-state index in [1.807, 2.05) is 0 Å². The number of benzene rings is 2. The number of phenolic OH excluding ortho intramolecular Hbond substituents is 1. The van der Waals surface area contributed by atoms with Gasteiger partial charge in [-0.1, -0.05) is 0 Å². The molecule has 2 heterocycles. The maximum absolute atomic E-state index is 12.5. The second kappa shape index (κ2) is 5.52. The van der Waals surface area contributed by atoms with Gasteiger partial charge < -0.3 is 20.5 Å². The van der Waals surface area contributed by atoms with E-state index in [1.54, 1.807) is 43.5 Å². The van der Waals surface area contributed by atoms with Gasteiger partial charge in [-0.05, 0) is 59.7 Å². The molecule has 2 amide bonds. The van der Waals surface area contributed by atoms with Crippen molar-refractivity contribution in [1.82, 2.24) is 10.6 Å². The molecule has 124 valence electrons. The number of carbonyl (C=O) groups excluding carboxylic acids is 2. The van der Waals surface area contributed by atoms with Crippen molar-refractivity contribution in [1.29, 1.82) is 0 Å². The average Bonchev–Trinajstić information content (AvgIpc) is 3.15. The summed E-state index contributed by atoms with van der Waals surface area (Å²) in [7, 11) is 1.57. The molecule has 25 heavy (non-hydrogen) atoms. The molecule has 0 radical (unpaired) electrons. The van der Waals surface area contributed by atoms with Crippen LogP contribution in [0.3, 0.4) is 0 Å². The smallest absolute Gasteiger partial charge is 0.258 e. The predicted octanol–water partition coefficient (Wildman–Crippen LogP) is 1.78. The minimum atomic E-state index is -0.331. The first-order valence-corrected chi connectivity index (χ1v) is 7.64. The van der Waals surface area contributed by atoms with Crippen molar-refractivity contribution in [3.05, 3.63) is 70.8 Å². The maximum Gasteiger partial charge on any atom is 0.258 e. The Labute approximate surface area is 143 Å². The fourth-order valence-electron chi connectivity index (χ4n) is 3.00. The van der Waals surface area contributed by atoms with Crippen LogP contribution < -0.4 is 15.4 Å². The van der Waals surface area contributed by atoms with Gasteiger partial charge in [0, 0.05) is 0 Å². The zero-order chi connectivity index (χ0) is 17.6. The summed E-state index contributed by atoms with van der Waals surface area (Å²) in [6.07, 6.45) is 0. The lowest BCUT2D eigenvalue weighted by Crippen LogP contribution is -2.21. The second-order valence-corrected chi connectivity index (χ2v) is 5.68. The molecule has 0 spiro atoms. The van der Waals surface area contributed by atoms with Gasteiger partial charge in [0.25, 0.3) is 11.8 Å². The predicted molar refractivity (Wildman–Crippen MR) is 91.2 cm³/mol. The van der Waals surface area contributed by atoms with Crippen LogP contribution in [0.25, 0.3) is 11.4 Å². The molecule has 6 heteroatoms. The third-order valence-electron chi connectivity index (χ3n) is 4.22. The van der Waals surface area contributed by atoms with Gasteiger partial charge in [0.1, 0.15) is 11.5 Å². The molecule has 2 aromatic carbocycles. The molecule has 4 rings (SSSR count). The summed E-state index contributed by atoms with van der Waals surface area (Å²) >= 11 is 0. The Bertz CT molecular complexity index is 954. The van der Waals surface area contributed by atoms with Gasteiger partial charge in [-0.15, -0.1) is 0 Å². The molecule has 3 N–H and O–H groups in total. The zero-order valence-electron chi connectivity index (χ0n) is 13.3. The van der Waals surface area contributed by atoms with E-state index in [9.17, 15) is 14.7 Å². The standard InChI is InChI=1S/C19H14N2O4/c1-25-13-8-4-11(5-9-13)17-15-14(18(23)21-17)16(20-19(15)24)10-2-6-12(22)7-3-10/h2-9,22H,1H3,(H,20,24)(H,21,23). The lowest BCUT2D eigenvalue weighted by atomic mass is 10.0. The third-order valence-corrected chi connectivity index (χ3v) is 4.22. The first kappa shape index (κ1) is 15.0. The summed E-state index contributed by atoms with van der Waals surface area (Å²) in [6.45, 7) is 0. The van der Waals surface area contributed by atoms with Crippen molar-refractivity contribution in [2.24, 2.45) is 0 Å². The molecule has 0 saturated heterocycles. The number of carbonyl (C=O) groups is 2. The van der Waals surface area contributed by atoms with E-state index in [2.05, 4.69) is 10.6 Å². The average molecular weight is 334 g/mol. The summed E-state index contributed by atoms with van der Waals surface area (Å²) in [5.41, 5.74) is 2.96. The largest absolute Gasteiger partial charge is 0.508 e. The van der Waals surface area contributed by atoms with Crippen LogP contribution in [0.2, 0.25) is 0 Å². The molecule has 0 saturated carbocycles. The van der Waals surface area contributed by atoms with Crippen molar-refractivity contribution >= 4 is 23.2 Å². The van der Waals surface area contributed by atoms with E-state index in [1.165, 1.54) is 12.1 Å². The Hall–Kier alpha value is -3.54. The van der Waals surface area contributed by atoms with Crippen LogP contribution in [0.15, 0.2) is 59.7 Å². The van der Waals surface area contributed by atoms with E-state index in [0.29, 0.717) is 33.9 Å². The Morgan fingerprint density at radius 2 is 1.20 bits per heavy atom. The van der Waals surface area contributed by atoms with Crippen LogP contribution in [0.5, 0.6) is 11.5 Å². The van der Waals surface area contributed by atoms with E-state index >= 15 is 0 Å². The number of nitrogens with one attached hydrogen (secondary N) is 2. The fraction of sp³-hybridized carbons (Fsp3) is 0.0526. The number of hydrogen-bond donors (Lipinski definition) is 3. The monoisotopic (exact) mass is 334 g/mol. The van der Waals surface area contributed by atoms with Crippen LogP contribution in [0.4, 0.5) is 0 Å². The van der Waals surface area contributed by atoms with Gasteiger partial charge >= 0.3 is 0 Å². The van der Waals surface area contributed by atoms with Gasteiger partial charge in [0.05, 0.1) is 29.7 Å². The molecule has 0 aromatic heterocycles. The highest BCUT2D eigenvalue weighted by molar-refractivity contribution is 6.30. The first-order valence-electron chi connectivity index (χ1n) is 7.64. The van der Waals surface area contributed by atoms with E-state index in [-0.39, 0.29) is 17.6 Å². The van der Waals surface area contributed by atoms with Crippen molar-refractivity contribution in [2.45, 2.75) is 0 Å². The molecule has 2 aliphatic rings. The lowest BCUT2D eigenvalue weighted by Gasteiger charge is -2.08. The molecule has 2 aromatic rings. The molecular formula is C19H14N2O4. The number of fused-ring (bicyclic) bond motifs is 1. The van der Waals surface area contributed by atoms with Crippen LogP contribution >= 0.6 is 0 Å². The Morgan fingerprint density at radius 1 is 0.760 bits per heavy atom. The lowest BCUT2D eigenvalue weighted by molar-refractivity contribution is -0.117. The number of hydrogen-bond acceptors (Lipinski definition) is 4. The maximum atomic E-state index is 12.5. The molecule has 0 unspecified atom stereocenters. The SMILES string of the molecule is COc1ccc(C2=C3C(=O)NC(c4ccc(O)cc4)=C3C(=O)N2)cc1. The van der Waals surface area contributed by atoms with Gasteiger partial charge in [-0.25, -0.2) is 0 Å². The Kier molecular flexibility index (Phi) is 3.32. The molecule has 0 aliphatic carbocycles. The highest BCUT2D eigenvalue weighted by atomic mass is 16.5. The van der Waals surface area contributed by atoms with Crippen LogP contribution in [-0.2, 0) is 9.59 Å². The summed E-state index contributed by atoms with van der Waals surface area (Å²) in [5, 5.41) is 15.0. The van der Waals surface area contributed by atoms with Crippen molar-refractivity contribution < 1.29 is 19.4 Å². The summed E-state index contributed by atoms with van der Waals surface area (Å²) < 4.78 is 5.13. The van der Waals surface area contributed by atoms with Crippen LogP contribution in [0.1, 0.15) is 11.1 Å². The van der Waals surface area contributed by atoms with Crippen molar-refractivity contribution in [3.63, 3.8) is 0 Å². The quantitative estimate of drug-likeness (QED) is 0.798. The van der Waals surface area contributed by atoms with Crippen molar-refractivity contribution in [3.8, 4) is 11.5 Å². The molecule has 2 aliphatic heterocycles. The van der Waals surface area contributed by atoms with Crippen LogP contribution in [0, 0.1) is 0 Å². The zero-order valence-corrected chi connectivity index (χ0v) is 13.3. The number of ether oxygens (including phenoxy) is 1. The summed E-state index contributed by atoms with van der Waals surface area (Å²) in [4.78, 5) is 25.0. The Morgan fingerprint density at radius 3 is 1.64 bits per heavy atom. The molecule has 6 nitrogen and oxygen atoms in total. The van der Waals surface area contributed by atoms with Gasteiger partial charge in [-0.3, -0.25) is 9.59 Å². The van der Waals surface area contributed by atoms with Crippen LogP contribution in [-0.4, -0.2) is 24.0 Å². The first-order chi connectivity index (χ1) is 12.1. The third kappa shape index (κ3) is 2.35. The number of methoxy groups -OCH3 is 1. The van der Waals surface area contributed by atoms with E-state index < -0.39 is 0 Å². The Balaban J connectivity index is 1.84. The molecule has 0 fully saturated rings. The second-order valence-electron chi connectivity index (χ2n) is 5.68. The number of rotatable bonds is 3.